The topological polar surface area (TPSA) is 31.4 Å². The number of ether oxygens (including phenoxy) is 1. The summed E-state index contributed by atoms with van der Waals surface area (Å²) in [5, 5.41) is 0.137. The van der Waals surface area contributed by atoms with Crippen LogP contribution in [0.25, 0.3) is 0 Å². The predicted molar refractivity (Wildman–Crippen MR) is 72.7 cm³/mol. The van der Waals surface area contributed by atoms with Gasteiger partial charge in [-0.05, 0) is 18.1 Å². The zero-order valence-corrected chi connectivity index (χ0v) is 13.0. The molecule has 0 aliphatic rings. The van der Waals surface area contributed by atoms with Crippen LogP contribution >= 0.6 is 0 Å². The van der Waals surface area contributed by atoms with Gasteiger partial charge in [0, 0.05) is 6.07 Å². The van der Waals surface area contributed by atoms with E-state index >= 15 is 0 Å². The van der Waals surface area contributed by atoms with Crippen molar-refractivity contribution in [2.24, 2.45) is 0 Å². The van der Waals surface area contributed by atoms with Crippen molar-refractivity contribution in [2.45, 2.75) is 45.5 Å². The highest BCUT2D eigenvalue weighted by molar-refractivity contribution is 6.74. The Hall–Kier alpha value is -0.943. The Morgan fingerprint density at radius 1 is 1.33 bits per heavy atom. The van der Waals surface area contributed by atoms with Crippen molar-refractivity contribution in [3.8, 4) is 5.75 Å². The molecule has 1 rings (SSSR count). The van der Waals surface area contributed by atoms with Gasteiger partial charge in [-0.15, -0.1) is 0 Å². The monoisotopic (exact) mass is 271 g/mol. The molecular formula is C13H22FNO2Si. The molecule has 0 aliphatic heterocycles. The van der Waals surface area contributed by atoms with E-state index in [1.54, 1.807) is 0 Å². The lowest BCUT2D eigenvalue weighted by Crippen LogP contribution is -2.40. The van der Waals surface area contributed by atoms with E-state index in [0.29, 0.717) is 12.3 Å². The summed E-state index contributed by atoms with van der Waals surface area (Å²) in [4.78, 5) is 4.13. The summed E-state index contributed by atoms with van der Waals surface area (Å²) in [6.45, 7) is 11.2. The maximum Gasteiger partial charge on any atom is 0.192 e. The molecule has 0 saturated heterocycles. The van der Waals surface area contributed by atoms with E-state index in [2.05, 4.69) is 38.8 Å². The number of hydrogen-bond acceptors (Lipinski definition) is 3. The first kappa shape index (κ1) is 15.1. The first-order valence-corrected chi connectivity index (χ1v) is 8.90. The molecular weight excluding hydrogens is 249 g/mol. The standard InChI is InChI=1S/C13H22FNO2Si/c1-13(2,3)18(5,6)17-9-10-7-11(14)12(16-4)8-15-10/h7-8H,9H2,1-6H3. The summed E-state index contributed by atoms with van der Waals surface area (Å²) >= 11 is 0. The van der Waals surface area contributed by atoms with E-state index in [1.807, 2.05) is 0 Å². The fourth-order valence-corrected chi connectivity index (χ4v) is 2.10. The van der Waals surface area contributed by atoms with Crippen LogP contribution in [0.2, 0.25) is 18.1 Å². The second-order valence-corrected chi connectivity index (χ2v) is 10.7. The van der Waals surface area contributed by atoms with Crippen molar-refractivity contribution in [1.82, 2.24) is 4.98 Å². The number of halogens is 1. The predicted octanol–water partition coefficient (Wildman–Crippen LogP) is 3.75. The maximum absolute atomic E-state index is 13.5. The largest absolute Gasteiger partial charge is 0.492 e. The first-order chi connectivity index (χ1) is 8.17. The molecule has 102 valence electrons. The second-order valence-electron chi connectivity index (χ2n) is 5.86. The average Bonchev–Trinajstić information content (AvgIpc) is 2.25. The molecule has 0 unspecified atom stereocenters. The minimum atomic E-state index is -1.82. The van der Waals surface area contributed by atoms with Gasteiger partial charge in [0.15, 0.2) is 19.9 Å². The highest BCUT2D eigenvalue weighted by Crippen LogP contribution is 2.37. The molecule has 0 atom stereocenters. The molecule has 18 heavy (non-hydrogen) atoms. The third-order valence-corrected chi connectivity index (χ3v) is 7.96. The van der Waals surface area contributed by atoms with E-state index in [-0.39, 0.29) is 10.8 Å². The van der Waals surface area contributed by atoms with Gasteiger partial charge < -0.3 is 9.16 Å². The van der Waals surface area contributed by atoms with Crippen LogP contribution in [0.4, 0.5) is 4.39 Å². The summed E-state index contributed by atoms with van der Waals surface area (Å²) in [5.41, 5.74) is 0.595. The van der Waals surface area contributed by atoms with Crippen molar-refractivity contribution < 1.29 is 13.6 Å². The van der Waals surface area contributed by atoms with Gasteiger partial charge in [-0.1, -0.05) is 20.8 Å². The lowest BCUT2D eigenvalue weighted by atomic mass is 10.2. The van der Waals surface area contributed by atoms with Crippen LogP contribution in [0, 0.1) is 5.82 Å². The van der Waals surface area contributed by atoms with Gasteiger partial charge >= 0.3 is 0 Å². The fourth-order valence-electron chi connectivity index (χ4n) is 1.16. The van der Waals surface area contributed by atoms with Crippen LogP contribution in [-0.2, 0) is 11.0 Å². The smallest absolute Gasteiger partial charge is 0.192 e. The maximum atomic E-state index is 13.5. The first-order valence-electron chi connectivity index (χ1n) is 6.00. The van der Waals surface area contributed by atoms with Gasteiger partial charge in [0.05, 0.1) is 25.6 Å². The number of nitrogens with zero attached hydrogens (tertiary/aromatic N) is 1. The molecule has 3 nitrogen and oxygen atoms in total. The normalized spacial score (nSPS) is 12.6. The Morgan fingerprint density at radius 3 is 2.39 bits per heavy atom. The van der Waals surface area contributed by atoms with Crippen molar-refractivity contribution in [3.05, 3.63) is 23.8 Å². The van der Waals surface area contributed by atoms with E-state index in [1.165, 1.54) is 19.4 Å². The molecule has 1 heterocycles. The summed E-state index contributed by atoms with van der Waals surface area (Å²) in [6, 6.07) is 1.37. The number of pyridine rings is 1. The average molecular weight is 271 g/mol. The zero-order chi connectivity index (χ0) is 14.0. The molecule has 1 aromatic heterocycles. The van der Waals surface area contributed by atoms with Gasteiger partial charge in [-0.25, -0.2) is 4.39 Å². The Kier molecular flexibility index (Phi) is 4.50. The molecule has 1 aromatic rings. The third kappa shape index (κ3) is 3.52. The van der Waals surface area contributed by atoms with Crippen LogP contribution < -0.4 is 4.74 Å². The Bertz CT molecular complexity index is 416. The van der Waals surface area contributed by atoms with Crippen molar-refractivity contribution in [2.75, 3.05) is 7.11 Å². The molecule has 0 saturated carbocycles. The third-order valence-electron chi connectivity index (χ3n) is 3.48. The minimum absolute atomic E-state index is 0.137. The lowest BCUT2D eigenvalue weighted by molar-refractivity contribution is 0.270. The molecule has 0 radical (unpaired) electrons. The van der Waals surface area contributed by atoms with E-state index in [4.69, 9.17) is 9.16 Å². The molecule has 0 N–H and O–H groups in total. The van der Waals surface area contributed by atoms with E-state index < -0.39 is 14.1 Å². The highest BCUT2D eigenvalue weighted by atomic mass is 28.4. The van der Waals surface area contributed by atoms with Crippen LogP contribution in [0.1, 0.15) is 26.5 Å². The number of rotatable bonds is 4. The van der Waals surface area contributed by atoms with Gasteiger partial charge in [-0.3, -0.25) is 4.98 Å². The molecule has 0 spiro atoms. The van der Waals surface area contributed by atoms with Crippen LogP contribution in [0.5, 0.6) is 5.75 Å². The Balaban J connectivity index is 2.73. The molecule has 0 bridgehead atoms. The Labute approximate surface area is 109 Å². The fraction of sp³-hybridized carbons (Fsp3) is 0.615. The number of hydrogen-bond donors (Lipinski definition) is 0. The van der Waals surface area contributed by atoms with Crippen molar-refractivity contribution in [1.29, 1.82) is 0 Å². The molecule has 0 fully saturated rings. The number of methoxy groups -OCH3 is 1. The molecule has 0 aromatic carbocycles. The second kappa shape index (κ2) is 5.36. The molecule has 0 amide bonds. The summed E-state index contributed by atoms with van der Waals surface area (Å²) in [5.74, 6) is -0.243. The van der Waals surface area contributed by atoms with Gasteiger partial charge in [0.1, 0.15) is 0 Å². The lowest BCUT2D eigenvalue weighted by Gasteiger charge is -2.36. The Morgan fingerprint density at radius 2 is 1.94 bits per heavy atom. The van der Waals surface area contributed by atoms with Crippen molar-refractivity contribution >= 4 is 8.32 Å². The van der Waals surface area contributed by atoms with Crippen LogP contribution in [0.15, 0.2) is 12.3 Å². The SMILES string of the molecule is COc1cnc(CO[Si](C)(C)C(C)(C)C)cc1F. The quantitative estimate of drug-likeness (QED) is 0.782. The number of aromatic nitrogens is 1. The van der Waals surface area contributed by atoms with Gasteiger partial charge in [0.25, 0.3) is 0 Å². The summed E-state index contributed by atoms with van der Waals surface area (Å²) in [7, 11) is -0.398. The summed E-state index contributed by atoms with van der Waals surface area (Å²) in [6.07, 6.45) is 1.39. The van der Waals surface area contributed by atoms with Crippen LogP contribution in [-0.4, -0.2) is 20.4 Å². The van der Waals surface area contributed by atoms with Crippen molar-refractivity contribution in [3.63, 3.8) is 0 Å². The molecule has 5 heteroatoms. The minimum Gasteiger partial charge on any atom is -0.492 e. The van der Waals surface area contributed by atoms with E-state index in [9.17, 15) is 4.39 Å². The molecule has 0 aliphatic carbocycles. The summed E-state index contributed by atoms with van der Waals surface area (Å²) < 4.78 is 24.3. The van der Waals surface area contributed by atoms with Gasteiger partial charge in [0.2, 0.25) is 0 Å². The van der Waals surface area contributed by atoms with E-state index in [0.717, 1.165) is 0 Å². The highest BCUT2D eigenvalue weighted by Gasteiger charge is 2.37. The zero-order valence-electron chi connectivity index (χ0n) is 12.0. The van der Waals surface area contributed by atoms with Crippen LogP contribution in [0.3, 0.4) is 0 Å². The van der Waals surface area contributed by atoms with Gasteiger partial charge in [-0.2, -0.15) is 0 Å².